The van der Waals surface area contributed by atoms with Gasteiger partial charge in [0, 0.05) is 18.5 Å². The lowest BCUT2D eigenvalue weighted by Gasteiger charge is -2.18. The third-order valence-electron chi connectivity index (χ3n) is 3.50. The van der Waals surface area contributed by atoms with Crippen molar-refractivity contribution in [2.75, 3.05) is 32.8 Å². The van der Waals surface area contributed by atoms with Crippen LogP contribution in [0.25, 0.3) is 0 Å². The SMILES string of the molecule is CCNC1COCC1CNCCC1CC1. The molecule has 0 amide bonds. The molecule has 15 heavy (non-hydrogen) atoms. The van der Waals surface area contributed by atoms with Crippen LogP contribution in [0, 0.1) is 11.8 Å². The molecule has 88 valence electrons. The Labute approximate surface area is 93.0 Å². The summed E-state index contributed by atoms with van der Waals surface area (Å²) >= 11 is 0. The molecule has 2 aliphatic rings. The summed E-state index contributed by atoms with van der Waals surface area (Å²) in [7, 11) is 0. The lowest BCUT2D eigenvalue weighted by atomic mass is 10.0. The van der Waals surface area contributed by atoms with Crippen molar-refractivity contribution in [1.29, 1.82) is 0 Å². The van der Waals surface area contributed by atoms with Crippen molar-refractivity contribution in [3.8, 4) is 0 Å². The van der Waals surface area contributed by atoms with Gasteiger partial charge >= 0.3 is 0 Å². The van der Waals surface area contributed by atoms with E-state index >= 15 is 0 Å². The summed E-state index contributed by atoms with van der Waals surface area (Å²) in [6, 6.07) is 0.573. The maximum atomic E-state index is 5.51. The van der Waals surface area contributed by atoms with Gasteiger partial charge in [0.15, 0.2) is 0 Å². The Morgan fingerprint density at radius 1 is 1.27 bits per heavy atom. The maximum Gasteiger partial charge on any atom is 0.0623 e. The van der Waals surface area contributed by atoms with Gasteiger partial charge < -0.3 is 15.4 Å². The van der Waals surface area contributed by atoms with Crippen LogP contribution in [-0.4, -0.2) is 38.9 Å². The minimum Gasteiger partial charge on any atom is -0.379 e. The van der Waals surface area contributed by atoms with Crippen molar-refractivity contribution in [2.24, 2.45) is 11.8 Å². The Kier molecular flexibility index (Phi) is 4.42. The third kappa shape index (κ3) is 3.74. The predicted molar refractivity (Wildman–Crippen MR) is 62.0 cm³/mol. The van der Waals surface area contributed by atoms with Crippen LogP contribution in [0.4, 0.5) is 0 Å². The number of nitrogens with one attached hydrogen (secondary N) is 2. The van der Waals surface area contributed by atoms with Crippen molar-refractivity contribution in [3.63, 3.8) is 0 Å². The van der Waals surface area contributed by atoms with E-state index in [1.165, 1.54) is 25.8 Å². The molecule has 2 N–H and O–H groups in total. The molecule has 0 aromatic heterocycles. The molecular formula is C12H24N2O. The van der Waals surface area contributed by atoms with Gasteiger partial charge in [-0.05, 0) is 25.4 Å². The zero-order valence-electron chi connectivity index (χ0n) is 9.80. The van der Waals surface area contributed by atoms with E-state index < -0.39 is 0 Å². The minimum absolute atomic E-state index is 0.573. The fourth-order valence-corrected chi connectivity index (χ4v) is 2.29. The summed E-state index contributed by atoms with van der Waals surface area (Å²) < 4.78 is 5.51. The van der Waals surface area contributed by atoms with Gasteiger partial charge in [0.05, 0.1) is 13.2 Å². The molecule has 1 heterocycles. The number of likely N-dealkylation sites (N-methyl/N-ethyl adjacent to an activating group) is 1. The van der Waals surface area contributed by atoms with Gasteiger partial charge in [-0.25, -0.2) is 0 Å². The van der Waals surface area contributed by atoms with Crippen molar-refractivity contribution < 1.29 is 4.74 Å². The quantitative estimate of drug-likeness (QED) is 0.618. The predicted octanol–water partition coefficient (Wildman–Crippen LogP) is 1.00. The lowest BCUT2D eigenvalue weighted by Crippen LogP contribution is -2.40. The van der Waals surface area contributed by atoms with Crippen LogP contribution in [0.3, 0.4) is 0 Å². The summed E-state index contributed by atoms with van der Waals surface area (Å²) in [6.45, 7) is 7.34. The molecule has 3 heteroatoms. The molecule has 0 aromatic carbocycles. The lowest BCUT2D eigenvalue weighted by molar-refractivity contribution is 0.182. The number of hydrogen-bond acceptors (Lipinski definition) is 3. The van der Waals surface area contributed by atoms with E-state index in [2.05, 4.69) is 17.6 Å². The molecule has 1 saturated carbocycles. The van der Waals surface area contributed by atoms with E-state index in [4.69, 9.17) is 4.74 Å². The van der Waals surface area contributed by atoms with Crippen molar-refractivity contribution >= 4 is 0 Å². The third-order valence-corrected chi connectivity index (χ3v) is 3.50. The van der Waals surface area contributed by atoms with Gasteiger partial charge in [0.2, 0.25) is 0 Å². The van der Waals surface area contributed by atoms with Crippen LogP contribution in [-0.2, 0) is 4.74 Å². The van der Waals surface area contributed by atoms with Gasteiger partial charge in [-0.1, -0.05) is 19.8 Å². The molecular weight excluding hydrogens is 188 g/mol. The summed E-state index contributed by atoms with van der Waals surface area (Å²) in [4.78, 5) is 0. The Morgan fingerprint density at radius 3 is 2.87 bits per heavy atom. The van der Waals surface area contributed by atoms with Crippen molar-refractivity contribution in [3.05, 3.63) is 0 Å². The van der Waals surface area contributed by atoms with Crippen LogP contribution >= 0.6 is 0 Å². The first-order chi connectivity index (χ1) is 7.40. The van der Waals surface area contributed by atoms with Gasteiger partial charge in [-0.15, -0.1) is 0 Å². The van der Waals surface area contributed by atoms with Crippen LogP contribution in [0.2, 0.25) is 0 Å². The second-order valence-electron chi connectivity index (χ2n) is 4.90. The number of rotatable bonds is 7. The fraction of sp³-hybridized carbons (Fsp3) is 1.00. The molecule has 0 radical (unpaired) electrons. The Balaban J connectivity index is 1.55. The van der Waals surface area contributed by atoms with Crippen LogP contribution in [0.1, 0.15) is 26.2 Å². The maximum absolute atomic E-state index is 5.51. The highest BCUT2D eigenvalue weighted by Crippen LogP contribution is 2.31. The second kappa shape index (κ2) is 5.83. The van der Waals surface area contributed by atoms with Crippen LogP contribution < -0.4 is 10.6 Å². The van der Waals surface area contributed by atoms with Gasteiger partial charge in [0.1, 0.15) is 0 Å². The van der Waals surface area contributed by atoms with E-state index in [0.717, 1.165) is 32.2 Å². The molecule has 2 fully saturated rings. The molecule has 0 aromatic rings. The molecule has 0 spiro atoms. The molecule has 1 saturated heterocycles. The average molecular weight is 212 g/mol. The Hall–Kier alpha value is -0.120. The zero-order chi connectivity index (χ0) is 10.5. The van der Waals surface area contributed by atoms with Crippen molar-refractivity contribution in [1.82, 2.24) is 10.6 Å². The van der Waals surface area contributed by atoms with Crippen LogP contribution in [0.5, 0.6) is 0 Å². The van der Waals surface area contributed by atoms with E-state index in [9.17, 15) is 0 Å². The smallest absolute Gasteiger partial charge is 0.0623 e. The minimum atomic E-state index is 0.573. The molecule has 1 aliphatic carbocycles. The highest BCUT2D eigenvalue weighted by Gasteiger charge is 2.27. The first-order valence-electron chi connectivity index (χ1n) is 6.42. The molecule has 2 rings (SSSR count). The monoisotopic (exact) mass is 212 g/mol. The van der Waals surface area contributed by atoms with E-state index in [1.807, 2.05) is 0 Å². The Bertz CT molecular complexity index is 182. The fourth-order valence-electron chi connectivity index (χ4n) is 2.29. The van der Waals surface area contributed by atoms with Gasteiger partial charge in [0.25, 0.3) is 0 Å². The Morgan fingerprint density at radius 2 is 2.13 bits per heavy atom. The highest BCUT2D eigenvalue weighted by molar-refractivity contribution is 4.82. The van der Waals surface area contributed by atoms with Gasteiger partial charge in [-0.2, -0.15) is 0 Å². The number of hydrogen-bond donors (Lipinski definition) is 2. The van der Waals surface area contributed by atoms with E-state index in [0.29, 0.717) is 12.0 Å². The summed E-state index contributed by atoms with van der Waals surface area (Å²) in [5, 5.41) is 7.06. The average Bonchev–Trinajstić information content (AvgIpc) is 2.96. The molecule has 1 aliphatic heterocycles. The first kappa shape index (κ1) is 11.4. The summed E-state index contributed by atoms with van der Waals surface area (Å²) in [5.74, 6) is 1.71. The topological polar surface area (TPSA) is 33.3 Å². The zero-order valence-corrected chi connectivity index (χ0v) is 9.80. The first-order valence-corrected chi connectivity index (χ1v) is 6.42. The second-order valence-corrected chi connectivity index (χ2v) is 4.90. The summed E-state index contributed by atoms with van der Waals surface area (Å²) in [6.07, 6.45) is 4.31. The van der Waals surface area contributed by atoms with E-state index in [-0.39, 0.29) is 0 Å². The highest BCUT2D eigenvalue weighted by atomic mass is 16.5. The van der Waals surface area contributed by atoms with Gasteiger partial charge in [-0.3, -0.25) is 0 Å². The van der Waals surface area contributed by atoms with Crippen LogP contribution in [0.15, 0.2) is 0 Å². The number of ether oxygens (including phenoxy) is 1. The normalized spacial score (nSPS) is 31.0. The van der Waals surface area contributed by atoms with Crippen molar-refractivity contribution in [2.45, 2.75) is 32.2 Å². The standard InChI is InChI=1S/C12H24N2O/c1-2-14-12-9-15-8-11(12)7-13-6-5-10-3-4-10/h10-14H,2-9H2,1H3. The van der Waals surface area contributed by atoms with E-state index in [1.54, 1.807) is 0 Å². The molecule has 3 nitrogen and oxygen atoms in total. The largest absolute Gasteiger partial charge is 0.379 e. The summed E-state index contributed by atoms with van der Waals surface area (Å²) in [5.41, 5.74) is 0. The molecule has 0 bridgehead atoms. The molecule has 2 unspecified atom stereocenters. The molecule has 2 atom stereocenters.